The average molecular weight is 407 g/mol. The number of H-pyrrole nitrogens is 1. The lowest BCUT2D eigenvalue weighted by molar-refractivity contribution is -0.119. The van der Waals surface area contributed by atoms with Crippen LogP contribution < -0.4 is 10.9 Å². The predicted molar refractivity (Wildman–Crippen MR) is 118 cm³/mol. The first kappa shape index (κ1) is 19.3. The third-order valence-electron chi connectivity index (χ3n) is 4.63. The van der Waals surface area contributed by atoms with Gasteiger partial charge < -0.3 is 10.3 Å². The molecule has 2 aromatic heterocycles. The molecule has 2 aromatic carbocycles. The molecule has 0 saturated heterocycles. The van der Waals surface area contributed by atoms with Crippen molar-refractivity contribution in [3.05, 3.63) is 64.4 Å². The van der Waals surface area contributed by atoms with Gasteiger partial charge in [-0.3, -0.25) is 14.2 Å². The maximum Gasteiger partial charge on any atom is 0.283 e. The fourth-order valence-corrected chi connectivity index (χ4v) is 4.17. The molecular formula is C22H22N4O2S. The molecule has 0 saturated carbocycles. The zero-order chi connectivity index (χ0) is 20.5. The van der Waals surface area contributed by atoms with Crippen LogP contribution in [0.15, 0.2) is 58.5 Å². The molecule has 0 aliphatic heterocycles. The van der Waals surface area contributed by atoms with Crippen LogP contribution >= 0.6 is 11.8 Å². The topological polar surface area (TPSA) is 79.8 Å². The summed E-state index contributed by atoms with van der Waals surface area (Å²) in [5, 5.41) is 4.27. The van der Waals surface area contributed by atoms with Crippen LogP contribution in [0.2, 0.25) is 0 Å². The molecule has 0 unspecified atom stereocenters. The van der Waals surface area contributed by atoms with Crippen molar-refractivity contribution < 1.29 is 4.79 Å². The highest BCUT2D eigenvalue weighted by Crippen LogP contribution is 2.27. The average Bonchev–Trinajstić information content (AvgIpc) is 3.06. The summed E-state index contributed by atoms with van der Waals surface area (Å²) in [5.74, 6) is 0.0966. The molecule has 0 aliphatic rings. The van der Waals surface area contributed by atoms with Gasteiger partial charge in [-0.05, 0) is 38.5 Å². The minimum Gasteiger partial charge on any atom is -0.353 e. The first-order chi connectivity index (χ1) is 14.0. The number of thioether (sulfide) groups is 1. The molecule has 29 heavy (non-hydrogen) atoms. The lowest BCUT2D eigenvalue weighted by Crippen LogP contribution is -2.32. The van der Waals surface area contributed by atoms with Crippen molar-refractivity contribution in [3.8, 4) is 5.69 Å². The van der Waals surface area contributed by atoms with E-state index in [4.69, 9.17) is 4.98 Å². The Hall–Kier alpha value is -3.06. The molecule has 1 amide bonds. The van der Waals surface area contributed by atoms with Crippen LogP contribution in [0.1, 0.15) is 19.4 Å². The highest BCUT2D eigenvalue weighted by Gasteiger charge is 2.19. The molecule has 0 radical (unpaired) electrons. The lowest BCUT2D eigenvalue weighted by Gasteiger charge is -2.14. The quantitative estimate of drug-likeness (QED) is 0.390. The highest BCUT2D eigenvalue weighted by molar-refractivity contribution is 7.99. The van der Waals surface area contributed by atoms with Crippen molar-refractivity contribution in [2.24, 2.45) is 0 Å². The second-order valence-electron chi connectivity index (χ2n) is 7.23. The SMILES string of the molecule is Cc1ccccc1-n1c(SCC(=O)NC(C)C)nc2c([nH]c3ccccc32)c1=O. The summed E-state index contributed by atoms with van der Waals surface area (Å²) in [6.45, 7) is 5.79. The van der Waals surface area contributed by atoms with Crippen molar-refractivity contribution in [1.82, 2.24) is 19.9 Å². The number of carbonyl (C=O) groups is 1. The Labute approximate surface area is 172 Å². The fourth-order valence-electron chi connectivity index (χ4n) is 3.36. The number of carbonyl (C=O) groups excluding carboxylic acids is 1. The maximum absolute atomic E-state index is 13.5. The van der Waals surface area contributed by atoms with E-state index in [2.05, 4.69) is 10.3 Å². The molecule has 0 fully saturated rings. The second kappa shape index (κ2) is 7.75. The summed E-state index contributed by atoms with van der Waals surface area (Å²) >= 11 is 1.27. The summed E-state index contributed by atoms with van der Waals surface area (Å²) in [5.41, 5.74) is 3.50. The Morgan fingerprint density at radius 2 is 1.90 bits per heavy atom. The Balaban J connectivity index is 1.92. The van der Waals surface area contributed by atoms with E-state index in [9.17, 15) is 9.59 Å². The Morgan fingerprint density at radius 3 is 2.66 bits per heavy atom. The van der Waals surface area contributed by atoms with Gasteiger partial charge in [0.1, 0.15) is 11.0 Å². The van der Waals surface area contributed by atoms with Crippen LogP contribution in [0.5, 0.6) is 0 Å². The predicted octanol–water partition coefficient (Wildman–Crippen LogP) is 3.79. The van der Waals surface area contributed by atoms with Gasteiger partial charge in [-0.15, -0.1) is 0 Å². The van der Waals surface area contributed by atoms with E-state index in [1.165, 1.54) is 11.8 Å². The van der Waals surface area contributed by atoms with Gasteiger partial charge >= 0.3 is 0 Å². The fraction of sp³-hybridized carbons (Fsp3) is 0.227. The second-order valence-corrected chi connectivity index (χ2v) is 8.17. The van der Waals surface area contributed by atoms with Gasteiger partial charge in [-0.2, -0.15) is 0 Å². The number of amides is 1. The zero-order valence-corrected chi connectivity index (χ0v) is 17.3. The van der Waals surface area contributed by atoms with Crippen LogP contribution in [0, 0.1) is 6.92 Å². The van der Waals surface area contributed by atoms with Crippen molar-refractivity contribution in [1.29, 1.82) is 0 Å². The lowest BCUT2D eigenvalue weighted by atomic mass is 10.2. The molecule has 6 nitrogen and oxygen atoms in total. The number of para-hydroxylation sites is 2. The first-order valence-corrected chi connectivity index (χ1v) is 10.5. The van der Waals surface area contributed by atoms with Crippen LogP contribution in [0.4, 0.5) is 0 Å². The van der Waals surface area contributed by atoms with Gasteiger partial charge in [0.15, 0.2) is 5.16 Å². The molecule has 0 atom stereocenters. The number of hydrogen-bond acceptors (Lipinski definition) is 4. The number of aryl methyl sites for hydroxylation is 1. The highest BCUT2D eigenvalue weighted by atomic mass is 32.2. The molecule has 4 aromatic rings. The summed E-state index contributed by atoms with van der Waals surface area (Å²) < 4.78 is 1.60. The monoisotopic (exact) mass is 406 g/mol. The Kier molecular flexibility index (Phi) is 5.15. The number of benzene rings is 2. The third-order valence-corrected chi connectivity index (χ3v) is 5.57. The van der Waals surface area contributed by atoms with E-state index in [1.807, 2.05) is 69.3 Å². The van der Waals surface area contributed by atoms with E-state index in [0.717, 1.165) is 22.2 Å². The molecule has 0 aliphatic carbocycles. The minimum atomic E-state index is -0.174. The molecule has 148 valence electrons. The minimum absolute atomic E-state index is 0.0608. The van der Waals surface area contributed by atoms with Gasteiger partial charge in [0.05, 0.1) is 11.4 Å². The van der Waals surface area contributed by atoms with Crippen molar-refractivity contribution in [2.45, 2.75) is 32.0 Å². The molecule has 2 heterocycles. The van der Waals surface area contributed by atoms with Crippen molar-refractivity contribution >= 4 is 39.6 Å². The molecule has 0 spiro atoms. The Bertz CT molecular complexity index is 1270. The standard InChI is InChI=1S/C22H22N4O2S/c1-13(2)23-18(27)12-29-22-25-19-15-9-5-6-10-16(15)24-20(19)21(28)26(22)17-11-7-4-8-14(17)3/h4-11,13,24H,12H2,1-3H3,(H,23,27). The molecular weight excluding hydrogens is 384 g/mol. The van der Waals surface area contributed by atoms with Crippen LogP contribution in [0.3, 0.4) is 0 Å². The third kappa shape index (κ3) is 3.65. The maximum atomic E-state index is 13.5. The summed E-state index contributed by atoms with van der Waals surface area (Å²) in [6.07, 6.45) is 0. The van der Waals surface area contributed by atoms with Gasteiger partial charge in [0, 0.05) is 16.9 Å². The number of fused-ring (bicyclic) bond motifs is 3. The normalized spacial score (nSPS) is 11.4. The van der Waals surface area contributed by atoms with Crippen LogP contribution in [0.25, 0.3) is 27.6 Å². The van der Waals surface area contributed by atoms with E-state index in [1.54, 1.807) is 4.57 Å². The molecule has 2 N–H and O–H groups in total. The van der Waals surface area contributed by atoms with Gasteiger partial charge in [-0.1, -0.05) is 48.2 Å². The number of aromatic nitrogens is 3. The van der Waals surface area contributed by atoms with Crippen molar-refractivity contribution in [2.75, 3.05) is 5.75 Å². The molecule has 7 heteroatoms. The van der Waals surface area contributed by atoms with Gasteiger partial charge in [0.25, 0.3) is 5.56 Å². The number of hydrogen-bond donors (Lipinski definition) is 2. The summed E-state index contributed by atoms with van der Waals surface area (Å²) in [7, 11) is 0. The van der Waals surface area contributed by atoms with E-state index in [0.29, 0.717) is 16.2 Å². The first-order valence-electron chi connectivity index (χ1n) is 9.47. The summed E-state index contributed by atoms with van der Waals surface area (Å²) in [4.78, 5) is 33.7. The number of aromatic amines is 1. The number of rotatable bonds is 5. The number of nitrogens with zero attached hydrogens (tertiary/aromatic N) is 2. The Morgan fingerprint density at radius 1 is 1.17 bits per heavy atom. The van der Waals surface area contributed by atoms with Crippen LogP contribution in [-0.4, -0.2) is 32.2 Å². The molecule has 4 rings (SSSR count). The summed E-state index contributed by atoms with van der Waals surface area (Å²) in [6, 6.07) is 15.5. The smallest absolute Gasteiger partial charge is 0.283 e. The van der Waals surface area contributed by atoms with Crippen molar-refractivity contribution in [3.63, 3.8) is 0 Å². The van der Waals surface area contributed by atoms with Gasteiger partial charge in [0.2, 0.25) is 5.91 Å². The van der Waals surface area contributed by atoms with E-state index >= 15 is 0 Å². The largest absolute Gasteiger partial charge is 0.353 e. The van der Waals surface area contributed by atoms with E-state index < -0.39 is 0 Å². The zero-order valence-electron chi connectivity index (χ0n) is 16.5. The van der Waals surface area contributed by atoms with Gasteiger partial charge in [-0.25, -0.2) is 4.98 Å². The number of nitrogens with one attached hydrogen (secondary N) is 2. The van der Waals surface area contributed by atoms with Crippen LogP contribution in [-0.2, 0) is 4.79 Å². The van der Waals surface area contributed by atoms with E-state index in [-0.39, 0.29) is 23.3 Å². The molecule has 0 bridgehead atoms.